The van der Waals surface area contributed by atoms with Crippen LogP contribution >= 0.6 is 0 Å². The van der Waals surface area contributed by atoms with Gasteiger partial charge in [0.1, 0.15) is 23.4 Å². The van der Waals surface area contributed by atoms with Gasteiger partial charge in [0.2, 0.25) is 11.8 Å². The molecule has 8 nitrogen and oxygen atoms in total. The molecule has 3 N–H and O–H groups in total. The Morgan fingerprint density at radius 2 is 1.52 bits per heavy atom. The zero-order chi connectivity index (χ0) is 31.6. The van der Waals surface area contributed by atoms with Crippen molar-refractivity contribution in [2.75, 3.05) is 0 Å². The Hall–Kier alpha value is -3.99. The highest BCUT2D eigenvalue weighted by molar-refractivity contribution is 5.92. The molecule has 2 rings (SSSR count). The number of alkyl carbamates (subject to hydrolysis) is 1. The molecule has 0 heterocycles. The van der Waals surface area contributed by atoms with Crippen LogP contribution in [0.15, 0.2) is 48.5 Å². The summed E-state index contributed by atoms with van der Waals surface area (Å²) in [6.07, 6.45) is 6.45. The summed E-state index contributed by atoms with van der Waals surface area (Å²) in [6, 6.07) is 10.9. The first kappa shape index (κ1) is 34.2. The van der Waals surface area contributed by atoms with Crippen LogP contribution in [0.1, 0.15) is 91.0 Å². The lowest BCUT2D eigenvalue weighted by Crippen LogP contribution is -2.56. The van der Waals surface area contributed by atoms with Gasteiger partial charge in [-0.3, -0.25) is 9.59 Å². The summed E-state index contributed by atoms with van der Waals surface area (Å²) in [5, 5.41) is 15.5. The first-order chi connectivity index (χ1) is 19.6. The van der Waals surface area contributed by atoms with Gasteiger partial charge in [0, 0.05) is 24.1 Å². The van der Waals surface area contributed by atoms with E-state index in [4.69, 9.17) is 11.2 Å². The third kappa shape index (κ3) is 10.8. The molecule has 0 aliphatic heterocycles. The largest absolute Gasteiger partial charge is 0.508 e. The first-order valence-electron chi connectivity index (χ1n) is 14.6. The second-order valence-corrected chi connectivity index (χ2v) is 12.5. The minimum atomic E-state index is -1.05. The van der Waals surface area contributed by atoms with Crippen LogP contribution in [0.3, 0.4) is 0 Å². The smallest absolute Gasteiger partial charge is 0.408 e. The molecular formula is C34H47N3O5. The van der Waals surface area contributed by atoms with E-state index in [1.807, 2.05) is 20.8 Å². The summed E-state index contributed by atoms with van der Waals surface area (Å²) < 4.78 is 5.51. The van der Waals surface area contributed by atoms with E-state index in [0.717, 1.165) is 12.0 Å². The summed E-state index contributed by atoms with van der Waals surface area (Å²) in [7, 11) is 0. The molecule has 42 heavy (non-hydrogen) atoms. The van der Waals surface area contributed by atoms with Gasteiger partial charge in [-0.25, -0.2) is 4.79 Å². The molecule has 0 aromatic heterocycles. The fourth-order valence-electron chi connectivity index (χ4n) is 4.57. The van der Waals surface area contributed by atoms with Crippen molar-refractivity contribution < 1.29 is 24.2 Å². The Balaban J connectivity index is 2.66. The minimum Gasteiger partial charge on any atom is -0.508 e. The van der Waals surface area contributed by atoms with Gasteiger partial charge in [0.05, 0.1) is 0 Å². The van der Waals surface area contributed by atoms with E-state index in [-0.39, 0.29) is 30.2 Å². The van der Waals surface area contributed by atoms with Crippen LogP contribution in [-0.2, 0) is 20.7 Å². The number of carbonyl (C=O) groups is 3. The molecule has 0 aliphatic rings. The van der Waals surface area contributed by atoms with Crippen molar-refractivity contribution in [3.8, 4) is 18.1 Å². The Morgan fingerprint density at radius 3 is 2.02 bits per heavy atom. The molecule has 3 unspecified atom stereocenters. The maximum atomic E-state index is 14.6. The number of phenolic OH excluding ortho intramolecular Hbond substituents is 1. The number of rotatable bonds is 12. The van der Waals surface area contributed by atoms with E-state index in [1.165, 1.54) is 12.1 Å². The highest BCUT2D eigenvalue weighted by atomic mass is 16.6. The monoisotopic (exact) mass is 577 g/mol. The number of carbonyl (C=O) groups excluding carboxylic acids is 3. The number of nitrogens with one attached hydrogen (secondary N) is 2. The highest BCUT2D eigenvalue weighted by Crippen LogP contribution is 2.29. The second kappa shape index (κ2) is 15.3. The van der Waals surface area contributed by atoms with E-state index in [0.29, 0.717) is 23.5 Å². The summed E-state index contributed by atoms with van der Waals surface area (Å²) in [5.74, 6) is 2.31. The molecule has 0 radical (unpaired) electrons. The average molecular weight is 578 g/mol. The molecule has 2 aromatic carbocycles. The van der Waals surface area contributed by atoms with E-state index in [2.05, 4.69) is 30.4 Å². The summed E-state index contributed by atoms with van der Waals surface area (Å²) in [5.41, 5.74) is 1.21. The molecular weight excluding hydrogens is 530 g/mol. The maximum Gasteiger partial charge on any atom is 0.408 e. The second-order valence-electron chi connectivity index (χ2n) is 12.5. The van der Waals surface area contributed by atoms with E-state index < -0.39 is 29.7 Å². The predicted molar refractivity (Wildman–Crippen MR) is 166 cm³/mol. The van der Waals surface area contributed by atoms with Crippen LogP contribution in [0.2, 0.25) is 0 Å². The van der Waals surface area contributed by atoms with Gasteiger partial charge in [-0.15, -0.1) is 6.42 Å². The van der Waals surface area contributed by atoms with Crippen LogP contribution in [-0.4, -0.2) is 51.6 Å². The van der Waals surface area contributed by atoms with Crippen LogP contribution in [0.25, 0.3) is 0 Å². The summed E-state index contributed by atoms with van der Waals surface area (Å²) in [6.45, 7) is 15.1. The van der Waals surface area contributed by atoms with Gasteiger partial charge in [0.25, 0.3) is 0 Å². The number of nitrogens with zero attached hydrogens (tertiary/aromatic N) is 1. The molecule has 0 saturated heterocycles. The zero-order valence-corrected chi connectivity index (χ0v) is 26.2. The van der Waals surface area contributed by atoms with Crippen LogP contribution in [0, 0.1) is 18.3 Å². The maximum absolute atomic E-state index is 14.6. The van der Waals surface area contributed by atoms with Crippen LogP contribution < -0.4 is 10.6 Å². The van der Waals surface area contributed by atoms with Crippen LogP contribution in [0.5, 0.6) is 5.75 Å². The normalized spacial score (nSPS) is 13.5. The molecule has 0 spiro atoms. The Morgan fingerprint density at radius 1 is 0.929 bits per heavy atom. The number of ether oxygens (including phenoxy) is 1. The predicted octanol–water partition coefficient (Wildman–Crippen LogP) is 5.73. The Kier molecular flexibility index (Phi) is 12.5. The lowest BCUT2D eigenvalue weighted by atomic mass is 9.95. The molecule has 0 saturated carbocycles. The quantitative estimate of drug-likeness (QED) is 0.279. The van der Waals surface area contributed by atoms with Crippen LogP contribution in [0.4, 0.5) is 4.79 Å². The SMILES string of the molecule is C#Cc1ccc(C(C(=O)NC(C)C)N(C(=O)C(Cc2ccc(O)cc2)NC(=O)OC(C)(C)C)C(C)CCC(C)C)cc1. The fourth-order valence-corrected chi connectivity index (χ4v) is 4.57. The third-order valence-electron chi connectivity index (χ3n) is 6.61. The molecule has 0 aliphatic carbocycles. The summed E-state index contributed by atoms with van der Waals surface area (Å²) in [4.78, 5) is 43.0. The lowest BCUT2D eigenvalue weighted by Gasteiger charge is -2.39. The first-order valence-corrected chi connectivity index (χ1v) is 14.6. The van der Waals surface area contributed by atoms with Gasteiger partial charge < -0.3 is 25.4 Å². The van der Waals surface area contributed by atoms with Crippen molar-refractivity contribution in [3.63, 3.8) is 0 Å². The van der Waals surface area contributed by atoms with Gasteiger partial charge in [-0.1, -0.05) is 44.0 Å². The topological polar surface area (TPSA) is 108 Å². The standard InChI is InChI=1S/C34H47N3O5/c1-10-25-13-17-27(18-14-25)30(31(39)35-23(4)5)37(24(6)12-11-22(2)3)32(40)29(36-33(41)42-34(7,8)9)21-26-15-19-28(38)20-16-26/h1,13-20,22-24,29-30,38H,11-12,21H2,2-9H3,(H,35,39)(H,36,41). The van der Waals surface area contributed by atoms with E-state index in [1.54, 1.807) is 62.1 Å². The molecule has 0 bridgehead atoms. The zero-order valence-electron chi connectivity index (χ0n) is 26.2. The molecule has 2 aromatic rings. The average Bonchev–Trinajstić information content (AvgIpc) is 2.89. The van der Waals surface area contributed by atoms with Crippen molar-refractivity contribution in [2.24, 2.45) is 5.92 Å². The van der Waals surface area contributed by atoms with E-state index >= 15 is 0 Å². The number of phenols is 1. The van der Waals surface area contributed by atoms with Gasteiger partial charge in [0.15, 0.2) is 0 Å². The lowest BCUT2D eigenvalue weighted by molar-refractivity contribution is -0.145. The van der Waals surface area contributed by atoms with Crippen molar-refractivity contribution >= 4 is 17.9 Å². The summed E-state index contributed by atoms with van der Waals surface area (Å²) >= 11 is 0. The van der Waals surface area contributed by atoms with Crippen molar-refractivity contribution in [1.82, 2.24) is 15.5 Å². The fraction of sp³-hybridized carbons (Fsp3) is 0.500. The van der Waals surface area contributed by atoms with Gasteiger partial charge in [-0.05, 0) is 95.7 Å². The number of terminal acetylenes is 1. The minimum absolute atomic E-state index is 0.0894. The van der Waals surface area contributed by atoms with Crippen molar-refractivity contribution in [3.05, 3.63) is 65.2 Å². The number of hydrogen-bond donors (Lipinski definition) is 3. The number of benzene rings is 2. The van der Waals surface area contributed by atoms with E-state index in [9.17, 15) is 19.5 Å². The molecule has 3 atom stereocenters. The van der Waals surface area contributed by atoms with Crippen molar-refractivity contribution in [1.29, 1.82) is 0 Å². The highest BCUT2D eigenvalue weighted by Gasteiger charge is 2.39. The number of aromatic hydroxyl groups is 1. The van der Waals surface area contributed by atoms with Crippen molar-refractivity contribution in [2.45, 2.75) is 104 Å². The van der Waals surface area contributed by atoms with Gasteiger partial charge in [-0.2, -0.15) is 0 Å². The number of hydrogen-bond acceptors (Lipinski definition) is 5. The molecule has 0 fully saturated rings. The molecule has 3 amide bonds. The number of amides is 3. The molecule has 8 heteroatoms. The molecule has 228 valence electrons. The third-order valence-corrected chi connectivity index (χ3v) is 6.61. The Labute approximate surface area is 251 Å². The van der Waals surface area contributed by atoms with Gasteiger partial charge >= 0.3 is 6.09 Å². The Bertz CT molecular complexity index is 1220.